The minimum absolute atomic E-state index is 0.117. The van der Waals surface area contributed by atoms with E-state index in [0.717, 1.165) is 11.3 Å². The highest BCUT2D eigenvalue weighted by molar-refractivity contribution is 5.95. The summed E-state index contributed by atoms with van der Waals surface area (Å²) in [5.74, 6) is 1.59. The Kier molecular flexibility index (Phi) is 6.81. The Labute approximate surface area is 175 Å². The summed E-state index contributed by atoms with van der Waals surface area (Å²) in [6, 6.07) is 5.10. The molecule has 2 heterocycles. The van der Waals surface area contributed by atoms with Gasteiger partial charge in [0.05, 0.1) is 25.0 Å². The molecule has 0 saturated carbocycles. The lowest BCUT2D eigenvalue weighted by Gasteiger charge is -2.34. The predicted octanol–water partition coefficient (Wildman–Crippen LogP) is 2.79. The average molecular weight is 417 g/mol. The van der Waals surface area contributed by atoms with E-state index in [4.69, 9.17) is 18.7 Å². The first-order valence-corrected chi connectivity index (χ1v) is 9.88. The van der Waals surface area contributed by atoms with Gasteiger partial charge in [0.2, 0.25) is 0 Å². The topological polar surface area (TPSA) is 94.3 Å². The Morgan fingerprint density at radius 3 is 2.40 bits per heavy atom. The van der Waals surface area contributed by atoms with Gasteiger partial charge in [0, 0.05) is 31.7 Å². The summed E-state index contributed by atoms with van der Waals surface area (Å²) < 4.78 is 21.5. The third-order valence-corrected chi connectivity index (χ3v) is 5.06. The van der Waals surface area contributed by atoms with Gasteiger partial charge in [0.1, 0.15) is 12.4 Å². The van der Waals surface area contributed by atoms with E-state index in [0.29, 0.717) is 62.2 Å². The first kappa shape index (κ1) is 21.5. The number of benzene rings is 1. The number of rotatable bonds is 6. The number of aromatic nitrogens is 1. The maximum atomic E-state index is 12.9. The van der Waals surface area contributed by atoms with Gasteiger partial charge in [-0.25, -0.2) is 4.79 Å². The first-order chi connectivity index (χ1) is 14.4. The Hall–Kier alpha value is -3.23. The van der Waals surface area contributed by atoms with Crippen LogP contribution in [0.2, 0.25) is 0 Å². The highest BCUT2D eigenvalue weighted by atomic mass is 16.6. The number of hydrogen-bond acceptors (Lipinski definition) is 7. The van der Waals surface area contributed by atoms with Crippen LogP contribution in [0.4, 0.5) is 4.79 Å². The number of carbonyl (C=O) groups is 2. The van der Waals surface area contributed by atoms with Crippen LogP contribution in [-0.4, -0.2) is 66.9 Å². The van der Waals surface area contributed by atoms with Crippen LogP contribution in [0.3, 0.4) is 0 Å². The lowest BCUT2D eigenvalue weighted by Crippen LogP contribution is -2.50. The molecule has 1 saturated heterocycles. The summed E-state index contributed by atoms with van der Waals surface area (Å²) in [5.41, 5.74) is 2.16. The molecule has 30 heavy (non-hydrogen) atoms. The van der Waals surface area contributed by atoms with Crippen LogP contribution in [0.5, 0.6) is 11.5 Å². The lowest BCUT2D eigenvalue weighted by atomic mass is 10.1. The van der Waals surface area contributed by atoms with E-state index in [1.165, 1.54) is 7.11 Å². The highest BCUT2D eigenvalue weighted by Gasteiger charge is 2.26. The molecular weight excluding hydrogens is 390 g/mol. The maximum absolute atomic E-state index is 12.9. The number of hydrogen-bond donors (Lipinski definition) is 0. The summed E-state index contributed by atoms with van der Waals surface area (Å²) in [6.45, 7) is 7.88. The quantitative estimate of drug-likeness (QED) is 0.713. The molecule has 0 N–H and O–H groups in total. The van der Waals surface area contributed by atoms with E-state index in [9.17, 15) is 9.59 Å². The summed E-state index contributed by atoms with van der Waals surface area (Å²) in [4.78, 5) is 28.0. The molecule has 1 fully saturated rings. The number of carbonyl (C=O) groups excluding carboxylic acids is 2. The van der Waals surface area contributed by atoms with E-state index < -0.39 is 0 Å². The minimum atomic E-state index is -0.342. The average Bonchev–Trinajstić information content (AvgIpc) is 3.09. The second kappa shape index (κ2) is 9.51. The van der Waals surface area contributed by atoms with Crippen LogP contribution in [0.1, 0.15) is 34.3 Å². The van der Waals surface area contributed by atoms with Gasteiger partial charge in [-0.15, -0.1) is 0 Å². The Balaban J connectivity index is 1.64. The van der Waals surface area contributed by atoms with E-state index in [-0.39, 0.29) is 12.0 Å². The van der Waals surface area contributed by atoms with Crippen LogP contribution in [0.25, 0.3) is 0 Å². The molecule has 0 radical (unpaired) electrons. The van der Waals surface area contributed by atoms with Crippen LogP contribution >= 0.6 is 0 Å². The number of aryl methyl sites for hydroxylation is 2. The van der Waals surface area contributed by atoms with E-state index in [1.807, 2.05) is 13.8 Å². The molecule has 9 nitrogen and oxygen atoms in total. The van der Waals surface area contributed by atoms with Gasteiger partial charge >= 0.3 is 6.09 Å². The third-order valence-electron chi connectivity index (χ3n) is 5.06. The van der Waals surface area contributed by atoms with Crippen molar-refractivity contribution < 1.29 is 28.3 Å². The predicted molar refractivity (Wildman–Crippen MR) is 108 cm³/mol. The Bertz CT molecular complexity index is 883. The molecule has 0 spiro atoms. The largest absolute Gasteiger partial charge is 0.493 e. The third kappa shape index (κ3) is 4.67. The molecule has 2 aromatic rings. The SMILES string of the molecule is CCOC(=O)N1CCN(C(=O)c2ccc(OCc3c(C)noc3C)c(OC)c2)CC1. The fraction of sp³-hybridized carbons (Fsp3) is 0.476. The van der Waals surface area contributed by atoms with E-state index in [1.54, 1.807) is 34.9 Å². The van der Waals surface area contributed by atoms with Crippen LogP contribution in [0.15, 0.2) is 22.7 Å². The molecule has 9 heteroatoms. The van der Waals surface area contributed by atoms with Gasteiger partial charge in [-0.05, 0) is 39.0 Å². The second-order valence-electron chi connectivity index (χ2n) is 6.94. The number of amides is 2. The Morgan fingerprint density at radius 2 is 1.80 bits per heavy atom. The van der Waals surface area contributed by atoms with Crippen molar-refractivity contribution in [2.24, 2.45) is 0 Å². The van der Waals surface area contributed by atoms with Crippen LogP contribution in [-0.2, 0) is 11.3 Å². The fourth-order valence-electron chi connectivity index (χ4n) is 3.27. The molecule has 1 aliphatic rings. The number of ether oxygens (including phenoxy) is 3. The smallest absolute Gasteiger partial charge is 0.409 e. The second-order valence-corrected chi connectivity index (χ2v) is 6.94. The van der Waals surface area contributed by atoms with Crippen molar-refractivity contribution in [3.8, 4) is 11.5 Å². The molecule has 1 aromatic carbocycles. The summed E-state index contributed by atoms with van der Waals surface area (Å²) >= 11 is 0. The summed E-state index contributed by atoms with van der Waals surface area (Å²) in [7, 11) is 1.53. The van der Waals surface area contributed by atoms with Gasteiger partial charge in [-0.2, -0.15) is 0 Å². The van der Waals surface area contributed by atoms with Gasteiger partial charge in [0.15, 0.2) is 11.5 Å². The summed E-state index contributed by atoms with van der Waals surface area (Å²) in [5, 5.41) is 3.92. The monoisotopic (exact) mass is 417 g/mol. The number of methoxy groups -OCH3 is 1. The molecule has 2 amide bonds. The van der Waals surface area contributed by atoms with Gasteiger partial charge in [-0.3, -0.25) is 4.79 Å². The number of piperazine rings is 1. The van der Waals surface area contributed by atoms with Crippen molar-refractivity contribution in [3.05, 3.63) is 40.8 Å². The molecular formula is C21H27N3O6. The molecule has 0 bridgehead atoms. The normalized spacial score (nSPS) is 13.9. The standard InChI is InChI=1S/C21H27N3O6/c1-5-28-21(26)24-10-8-23(9-11-24)20(25)16-6-7-18(19(12-16)27-4)29-13-17-14(2)22-30-15(17)3/h6-7,12H,5,8-11,13H2,1-4H3. The zero-order valence-corrected chi connectivity index (χ0v) is 17.8. The molecule has 0 unspecified atom stereocenters. The van der Waals surface area contributed by atoms with Crippen molar-refractivity contribution in [2.75, 3.05) is 39.9 Å². The molecule has 1 aliphatic heterocycles. The molecule has 1 aromatic heterocycles. The van der Waals surface area contributed by atoms with Crippen molar-refractivity contribution >= 4 is 12.0 Å². The van der Waals surface area contributed by atoms with E-state index >= 15 is 0 Å². The van der Waals surface area contributed by atoms with E-state index in [2.05, 4.69) is 5.16 Å². The zero-order valence-electron chi connectivity index (χ0n) is 17.8. The first-order valence-electron chi connectivity index (χ1n) is 9.88. The molecule has 3 rings (SSSR count). The highest BCUT2D eigenvalue weighted by Crippen LogP contribution is 2.30. The number of nitrogens with zero attached hydrogens (tertiary/aromatic N) is 3. The van der Waals surface area contributed by atoms with Crippen molar-refractivity contribution in [2.45, 2.75) is 27.4 Å². The molecule has 162 valence electrons. The zero-order chi connectivity index (χ0) is 21.7. The van der Waals surface area contributed by atoms with Crippen molar-refractivity contribution in [1.82, 2.24) is 15.0 Å². The maximum Gasteiger partial charge on any atom is 0.409 e. The summed E-state index contributed by atoms with van der Waals surface area (Å²) in [6.07, 6.45) is -0.342. The van der Waals surface area contributed by atoms with Gasteiger partial charge in [0.25, 0.3) is 5.91 Å². The van der Waals surface area contributed by atoms with Crippen LogP contribution in [0, 0.1) is 13.8 Å². The Morgan fingerprint density at radius 1 is 1.10 bits per heavy atom. The van der Waals surface area contributed by atoms with Crippen LogP contribution < -0.4 is 9.47 Å². The minimum Gasteiger partial charge on any atom is -0.493 e. The fourth-order valence-corrected chi connectivity index (χ4v) is 3.27. The molecule has 0 atom stereocenters. The molecule has 0 aliphatic carbocycles. The lowest BCUT2D eigenvalue weighted by molar-refractivity contribution is 0.0570. The van der Waals surface area contributed by atoms with Crippen molar-refractivity contribution in [1.29, 1.82) is 0 Å². The van der Waals surface area contributed by atoms with Crippen molar-refractivity contribution in [3.63, 3.8) is 0 Å². The van der Waals surface area contributed by atoms with Gasteiger partial charge in [-0.1, -0.05) is 5.16 Å². The van der Waals surface area contributed by atoms with Gasteiger partial charge < -0.3 is 28.5 Å².